The number of hydrogen-bond donors (Lipinski definition) is 3. The first-order valence-corrected chi connectivity index (χ1v) is 14.3. The number of aromatic nitrogens is 2. The normalized spacial score (nSPS) is 24.9. The van der Waals surface area contributed by atoms with Gasteiger partial charge in [-0.1, -0.05) is 34.1 Å². The zero-order valence-electron chi connectivity index (χ0n) is 24.6. The van der Waals surface area contributed by atoms with Crippen LogP contribution in [0.1, 0.15) is 90.4 Å². The van der Waals surface area contributed by atoms with E-state index in [-0.39, 0.29) is 29.8 Å². The predicted octanol–water partition coefficient (Wildman–Crippen LogP) is 4.36. The van der Waals surface area contributed by atoms with Crippen molar-refractivity contribution in [2.75, 3.05) is 13.7 Å². The fourth-order valence-corrected chi connectivity index (χ4v) is 5.88. The third kappa shape index (κ3) is 8.22. The molecule has 2 aliphatic carbocycles. The maximum atomic E-state index is 13.7. The van der Waals surface area contributed by atoms with Gasteiger partial charge in [-0.15, -0.1) is 0 Å². The maximum Gasteiger partial charge on any atom is 0.407 e. The molecule has 2 saturated carbocycles. The molecule has 39 heavy (non-hydrogen) atoms. The highest BCUT2D eigenvalue weighted by molar-refractivity contribution is 5.96. The molecule has 2 fully saturated rings. The lowest BCUT2D eigenvalue weighted by molar-refractivity contribution is -0.122. The van der Waals surface area contributed by atoms with Crippen molar-refractivity contribution in [1.82, 2.24) is 25.7 Å². The highest BCUT2D eigenvalue weighted by atomic mass is 16.5. The summed E-state index contributed by atoms with van der Waals surface area (Å²) in [6, 6.07) is 0.193. The lowest BCUT2D eigenvalue weighted by atomic mass is 9.63. The van der Waals surface area contributed by atoms with Crippen molar-refractivity contribution in [3.05, 3.63) is 17.8 Å². The Kier molecular flexibility index (Phi) is 10.4. The van der Waals surface area contributed by atoms with E-state index in [1.807, 2.05) is 34.6 Å². The molecule has 10 nitrogen and oxygen atoms in total. The molecular weight excluding hydrogens is 498 g/mol. The molecule has 5 atom stereocenters. The van der Waals surface area contributed by atoms with Crippen LogP contribution in [0.4, 0.5) is 4.79 Å². The molecule has 0 aliphatic heterocycles. The van der Waals surface area contributed by atoms with Crippen molar-refractivity contribution in [1.29, 1.82) is 0 Å². The third-order valence-corrected chi connectivity index (χ3v) is 7.79. The average molecular weight is 546 g/mol. The van der Waals surface area contributed by atoms with Gasteiger partial charge in [-0.2, -0.15) is 5.10 Å². The van der Waals surface area contributed by atoms with Crippen molar-refractivity contribution >= 4 is 24.1 Å². The van der Waals surface area contributed by atoms with E-state index >= 15 is 0 Å². The Morgan fingerprint density at radius 1 is 1.15 bits per heavy atom. The van der Waals surface area contributed by atoms with Gasteiger partial charge in [-0.3, -0.25) is 9.59 Å². The second kappa shape index (κ2) is 13.3. The predicted molar refractivity (Wildman–Crippen MR) is 150 cm³/mol. The van der Waals surface area contributed by atoms with E-state index in [9.17, 15) is 14.4 Å². The van der Waals surface area contributed by atoms with Gasteiger partial charge in [-0.05, 0) is 69.3 Å². The molecule has 3 amide bonds. The summed E-state index contributed by atoms with van der Waals surface area (Å²) >= 11 is 0. The Morgan fingerprint density at radius 3 is 2.54 bits per heavy atom. The molecule has 3 unspecified atom stereocenters. The van der Waals surface area contributed by atoms with Gasteiger partial charge in [0.05, 0.1) is 25.5 Å². The quantitative estimate of drug-likeness (QED) is 0.380. The Morgan fingerprint density at radius 2 is 1.90 bits per heavy atom. The van der Waals surface area contributed by atoms with Gasteiger partial charge in [0, 0.05) is 24.7 Å². The van der Waals surface area contributed by atoms with Gasteiger partial charge in [0.1, 0.15) is 5.56 Å². The van der Waals surface area contributed by atoms with Crippen LogP contribution in [0.15, 0.2) is 12.3 Å². The zero-order chi connectivity index (χ0) is 28.7. The first kappa shape index (κ1) is 30.5. The van der Waals surface area contributed by atoms with E-state index in [0.29, 0.717) is 42.2 Å². The van der Waals surface area contributed by atoms with E-state index in [0.717, 1.165) is 32.1 Å². The molecule has 2 bridgehead atoms. The summed E-state index contributed by atoms with van der Waals surface area (Å²) in [6.07, 6.45) is 9.94. The standard InChI is InChI=1S/C29H47N5O5/c1-8-20-12-19-13-21(15-22(14-19)31-24(35)9-2)25(20)32-26(36)23-16-30-34(27(23)39-17-18(3)4)11-10-29(5,6)33-28(37)38-7/h10-11,16,18-22,25H,8-9,12-15,17H2,1-7H3,(H,31,35)(H,32,36)(H,33,37)/b11-10+/t19?,20?,21?,22-,25+/m0/s1. The van der Waals surface area contributed by atoms with E-state index in [1.165, 1.54) is 18.0 Å². The minimum atomic E-state index is -0.714. The van der Waals surface area contributed by atoms with Crippen LogP contribution in [-0.4, -0.2) is 59.0 Å². The molecule has 2 aliphatic rings. The van der Waals surface area contributed by atoms with Crippen LogP contribution in [0.5, 0.6) is 5.88 Å². The van der Waals surface area contributed by atoms with E-state index in [1.54, 1.807) is 12.3 Å². The van der Waals surface area contributed by atoms with Crippen LogP contribution in [0.3, 0.4) is 0 Å². The number of nitrogens with zero attached hydrogens (tertiary/aromatic N) is 2. The Hall–Kier alpha value is -3.04. The Labute approximate surface area is 232 Å². The number of hydrogen-bond acceptors (Lipinski definition) is 6. The van der Waals surface area contributed by atoms with Gasteiger partial charge < -0.3 is 25.4 Å². The van der Waals surface area contributed by atoms with Crippen LogP contribution in [0.2, 0.25) is 0 Å². The first-order chi connectivity index (χ1) is 18.5. The van der Waals surface area contributed by atoms with Crippen LogP contribution in [0.25, 0.3) is 6.20 Å². The van der Waals surface area contributed by atoms with Crippen LogP contribution in [-0.2, 0) is 9.53 Å². The molecule has 0 spiro atoms. The Bertz CT molecular complexity index is 1030. The number of carbonyl (C=O) groups is 3. The third-order valence-electron chi connectivity index (χ3n) is 7.79. The minimum Gasteiger partial charge on any atom is -0.477 e. The Balaban J connectivity index is 1.81. The number of alkyl carbamates (subject to hydrolysis) is 1. The lowest BCUT2D eigenvalue weighted by Crippen LogP contribution is -2.54. The number of carbonyl (C=O) groups excluding carboxylic acids is 3. The number of amides is 3. The van der Waals surface area contributed by atoms with Crippen molar-refractivity contribution in [3.8, 4) is 5.88 Å². The van der Waals surface area contributed by atoms with Gasteiger partial charge in [-0.25, -0.2) is 9.48 Å². The van der Waals surface area contributed by atoms with E-state index in [2.05, 4.69) is 28.0 Å². The molecule has 0 saturated heterocycles. The largest absolute Gasteiger partial charge is 0.477 e. The summed E-state index contributed by atoms with van der Waals surface area (Å²) in [5.41, 5.74) is -0.336. The van der Waals surface area contributed by atoms with Crippen molar-refractivity contribution in [2.45, 2.75) is 97.7 Å². The summed E-state index contributed by atoms with van der Waals surface area (Å²) in [5, 5.41) is 13.7. The molecule has 0 radical (unpaired) electrons. The summed E-state index contributed by atoms with van der Waals surface area (Å²) in [5.74, 6) is 1.78. The van der Waals surface area contributed by atoms with Crippen molar-refractivity contribution in [2.24, 2.45) is 23.7 Å². The number of fused-ring (bicyclic) bond motifs is 2. The number of methoxy groups -OCH3 is 1. The molecule has 1 aromatic heterocycles. The fourth-order valence-electron chi connectivity index (χ4n) is 5.88. The van der Waals surface area contributed by atoms with Gasteiger partial charge in [0.25, 0.3) is 5.91 Å². The number of nitrogens with one attached hydrogen (secondary N) is 3. The van der Waals surface area contributed by atoms with E-state index < -0.39 is 11.6 Å². The van der Waals surface area contributed by atoms with Crippen LogP contribution >= 0.6 is 0 Å². The topological polar surface area (TPSA) is 124 Å². The average Bonchev–Trinajstić information content (AvgIpc) is 3.30. The van der Waals surface area contributed by atoms with Crippen molar-refractivity contribution in [3.63, 3.8) is 0 Å². The second-order valence-corrected chi connectivity index (χ2v) is 12.0. The SMILES string of the molecule is CCC(=O)N[C@H]1CC2CC(CC)[C@@H](NC(=O)c3cnn(/C=C/C(C)(C)NC(=O)OC)c3OCC(C)C)C(C2)C1. The second-order valence-electron chi connectivity index (χ2n) is 12.0. The van der Waals surface area contributed by atoms with Gasteiger partial charge in [0.15, 0.2) is 0 Å². The molecule has 3 N–H and O–H groups in total. The monoisotopic (exact) mass is 545 g/mol. The first-order valence-electron chi connectivity index (χ1n) is 14.3. The van der Waals surface area contributed by atoms with Crippen LogP contribution < -0.4 is 20.7 Å². The van der Waals surface area contributed by atoms with Crippen LogP contribution in [0, 0.1) is 23.7 Å². The fraction of sp³-hybridized carbons (Fsp3) is 0.724. The number of rotatable bonds is 11. The van der Waals surface area contributed by atoms with Crippen molar-refractivity contribution < 1.29 is 23.9 Å². The highest BCUT2D eigenvalue weighted by Gasteiger charge is 2.43. The van der Waals surface area contributed by atoms with Gasteiger partial charge >= 0.3 is 6.09 Å². The molecule has 0 aromatic carbocycles. The highest BCUT2D eigenvalue weighted by Crippen LogP contribution is 2.44. The zero-order valence-corrected chi connectivity index (χ0v) is 24.6. The molecule has 10 heteroatoms. The number of ether oxygens (including phenoxy) is 2. The maximum absolute atomic E-state index is 13.7. The van der Waals surface area contributed by atoms with Gasteiger partial charge in [0.2, 0.25) is 11.8 Å². The summed E-state index contributed by atoms with van der Waals surface area (Å²) in [4.78, 5) is 37.4. The molecule has 218 valence electrons. The smallest absolute Gasteiger partial charge is 0.407 e. The molecule has 1 aromatic rings. The molecule has 3 rings (SSSR count). The minimum absolute atomic E-state index is 0.0279. The van der Waals surface area contributed by atoms with E-state index in [4.69, 9.17) is 9.47 Å². The lowest BCUT2D eigenvalue weighted by Gasteiger charge is -2.48. The summed E-state index contributed by atoms with van der Waals surface area (Å²) < 4.78 is 12.3. The summed E-state index contributed by atoms with van der Waals surface area (Å²) in [6.45, 7) is 12.2. The molecule has 1 heterocycles. The summed E-state index contributed by atoms with van der Waals surface area (Å²) in [7, 11) is 1.32. The molecular formula is C29H47N5O5.